The predicted molar refractivity (Wildman–Crippen MR) is 76.5 cm³/mol. The van der Waals surface area contributed by atoms with Crippen LogP contribution in [0.5, 0.6) is 5.75 Å². The third kappa shape index (κ3) is 5.65. The molecule has 0 bridgehead atoms. The van der Waals surface area contributed by atoms with Crippen LogP contribution < -0.4 is 10.1 Å². The minimum Gasteiger partial charge on any atom is -0.485 e. The lowest BCUT2D eigenvalue weighted by atomic mass is 10.2. The summed E-state index contributed by atoms with van der Waals surface area (Å²) in [5.74, 6) is 0.498. The van der Waals surface area contributed by atoms with Gasteiger partial charge in [-0.2, -0.15) is 0 Å². The minimum absolute atomic E-state index is 0.253. The maximum absolute atomic E-state index is 13.7. The second-order valence-corrected chi connectivity index (χ2v) is 5.72. The zero-order valence-electron chi connectivity index (χ0n) is 10.8. The van der Waals surface area contributed by atoms with Crippen molar-refractivity contribution in [2.75, 3.05) is 13.2 Å². The molecule has 0 aliphatic rings. The first kappa shape index (κ1) is 15.2. The molecule has 0 saturated heterocycles. The molecule has 1 aromatic rings. The Hall–Kier alpha value is -0.870. The fraction of sp³-hybridized carbons (Fsp3) is 0.429. The molecule has 0 atom stereocenters. The summed E-state index contributed by atoms with van der Waals surface area (Å²) in [5, 5.41) is 3.27. The largest absolute Gasteiger partial charge is 0.485 e. The van der Waals surface area contributed by atoms with Gasteiger partial charge in [0.15, 0.2) is 11.6 Å². The van der Waals surface area contributed by atoms with Crippen molar-refractivity contribution in [3.05, 3.63) is 40.6 Å². The Morgan fingerprint density at radius 2 is 2.22 bits per heavy atom. The molecule has 0 radical (unpaired) electrons. The van der Waals surface area contributed by atoms with Gasteiger partial charge in [0, 0.05) is 11.0 Å². The normalized spacial score (nSPS) is 10.7. The quantitative estimate of drug-likeness (QED) is 0.825. The van der Waals surface area contributed by atoms with Gasteiger partial charge in [0.05, 0.1) is 0 Å². The van der Waals surface area contributed by atoms with Gasteiger partial charge in [0.1, 0.15) is 6.61 Å². The van der Waals surface area contributed by atoms with Gasteiger partial charge in [0.2, 0.25) is 0 Å². The Bertz CT molecular complexity index is 407. The number of nitrogens with one attached hydrogen (secondary N) is 1. The molecule has 4 heteroatoms. The fourth-order valence-electron chi connectivity index (χ4n) is 1.43. The summed E-state index contributed by atoms with van der Waals surface area (Å²) >= 11 is 3.17. The maximum Gasteiger partial charge on any atom is 0.165 e. The molecular weight excluding hydrogens is 297 g/mol. The molecule has 18 heavy (non-hydrogen) atoms. The fourth-order valence-corrected chi connectivity index (χ4v) is 1.55. The highest BCUT2D eigenvalue weighted by Gasteiger charge is 2.05. The van der Waals surface area contributed by atoms with E-state index in [-0.39, 0.29) is 18.2 Å². The van der Waals surface area contributed by atoms with Crippen molar-refractivity contribution in [3.63, 3.8) is 0 Å². The van der Waals surface area contributed by atoms with Crippen LogP contribution in [0.3, 0.4) is 0 Å². The molecule has 1 rings (SSSR count). The summed E-state index contributed by atoms with van der Waals surface area (Å²) in [6, 6.07) is 5.01. The van der Waals surface area contributed by atoms with Crippen molar-refractivity contribution < 1.29 is 9.13 Å². The smallest absolute Gasteiger partial charge is 0.165 e. The van der Waals surface area contributed by atoms with Gasteiger partial charge < -0.3 is 10.1 Å². The van der Waals surface area contributed by atoms with E-state index in [1.807, 2.05) is 6.07 Å². The summed E-state index contributed by atoms with van der Waals surface area (Å²) in [6.45, 7) is 9.76. The van der Waals surface area contributed by atoms with Crippen LogP contribution in [0.15, 0.2) is 29.3 Å². The number of hydrogen-bond acceptors (Lipinski definition) is 2. The number of benzene rings is 1. The van der Waals surface area contributed by atoms with E-state index >= 15 is 0 Å². The molecule has 0 aromatic heterocycles. The SMILES string of the molecule is C=C(Br)COc1ccc(CNCC(C)C)cc1F. The zero-order chi connectivity index (χ0) is 13.5. The number of hydrogen-bond donors (Lipinski definition) is 1. The van der Waals surface area contributed by atoms with Crippen LogP contribution in [0.4, 0.5) is 4.39 Å². The summed E-state index contributed by atoms with van der Waals surface area (Å²) in [7, 11) is 0. The van der Waals surface area contributed by atoms with Gasteiger partial charge in [-0.25, -0.2) is 4.39 Å². The van der Waals surface area contributed by atoms with E-state index in [2.05, 4.69) is 41.7 Å². The molecule has 0 aliphatic carbocycles. The molecule has 0 amide bonds. The van der Waals surface area contributed by atoms with E-state index in [1.54, 1.807) is 6.07 Å². The van der Waals surface area contributed by atoms with Crippen LogP contribution in [-0.4, -0.2) is 13.2 Å². The third-order valence-corrected chi connectivity index (χ3v) is 2.49. The van der Waals surface area contributed by atoms with Crippen molar-refractivity contribution in [1.29, 1.82) is 0 Å². The second-order valence-electron chi connectivity index (χ2n) is 4.60. The maximum atomic E-state index is 13.7. The Morgan fingerprint density at radius 1 is 1.50 bits per heavy atom. The highest BCUT2D eigenvalue weighted by molar-refractivity contribution is 9.11. The van der Waals surface area contributed by atoms with Crippen molar-refractivity contribution in [2.45, 2.75) is 20.4 Å². The van der Waals surface area contributed by atoms with Crippen molar-refractivity contribution in [1.82, 2.24) is 5.32 Å². The Labute approximate surface area is 116 Å². The van der Waals surface area contributed by atoms with E-state index in [9.17, 15) is 4.39 Å². The number of ether oxygens (including phenoxy) is 1. The van der Waals surface area contributed by atoms with Crippen LogP contribution in [0.2, 0.25) is 0 Å². The summed E-state index contributed by atoms with van der Waals surface area (Å²) in [5.41, 5.74) is 0.915. The average Bonchev–Trinajstić information content (AvgIpc) is 2.27. The second kappa shape index (κ2) is 7.54. The number of halogens is 2. The molecule has 0 saturated carbocycles. The van der Waals surface area contributed by atoms with Crippen molar-refractivity contribution in [3.8, 4) is 5.75 Å². The van der Waals surface area contributed by atoms with Gasteiger partial charge in [0.25, 0.3) is 0 Å². The highest BCUT2D eigenvalue weighted by atomic mass is 79.9. The molecule has 0 fully saturated rings. The molecule has 1 N–H and O–H groups in total. The standard InChI is InChI=1S/C14H19BrFNO/c1-10(2)7-17-8-12-4-5-14(13(16)6-12)18-9-11(3)15/h4-6,10,17H,3,7-9H2,1-2H3. The summed E-state index contributed by atoms with van der Waals surface area (Å²) in [4.78, 5) is 0. The van der Waals surface area contributed by atoms with E-state index in [0.717, 1.165) is 12.1 Å². The third-order valence-electron chi connectivity index (χ3n) is 2.26. The summed E-state index contributed by atoms with van der Waals surface area (Å²) in [6.07, 6.45) is 0. The van der Waals surface area contributed by atoms with Crippen molar-refractivity contribution >= 4 is 15.9 Å². The predicted octanol–water partition coefficient (Wildman–Crippen LogP) is 3.86. The Balaban J connectivity index is 2.53. The average molecular weight is 316 g/mol. The Morgan fingerprint density at radius 3 is 2.78 bits per heavy atom. The molecule has 0 heterocycles. The molecule has 100 valence electrons. The van der Waals surface area contributed by atoms with Gasteiger partial charge >= 0.3 is 0 Å². The zero-order valence-corrected chi connectivity index (χ0v) is 12.4. The van der Waals surface area contributed by atoms with Crippen LogP contribution in [0.1, 0.15) is 19.4 Å². The van der Waals surface area contributed by atoms with E-state index in [1.165, 1.54) is 6.07 Å². The first-order valence-electron chi connectivity index (χ1n) is 5.94. The topological polar surface area (TPSA) is 21.3 Å². The van der Waals surface area contributed by atoms with Gasteiger partial charge in [-0.15, -0.1) is 0 Å². The van der Waals surface area contributed by atoms with Crippen LogP contribution >= 0.6 is 15.9 Å². The molecule has 1 aromatic carbocycles. The van der Waals surface area contributed by atoms with Crippen LogP contribution in [0.25, 0.3) is 0 Å². The number of rotatable bonds is 7. The van der Waals surface area contributed by atoms with Crippen LogP contribution in [0, 0.1) is 11.7 Å². The molecule has 2 nitrogen and oxygen atoms in total. The lowest BCUT2D eigenvalue weighted by molar-refractivity contribution is 0.339. The first-order chi connectivity index (χ1) is 8.49. The Kier molecular flexibility index (Phi) is 6.36. The molecule has 0 spiro atoms. The van der Waals surface area contributed by atoms with E-state index in [4.69, 9.17) is 4.74 Å². The minimum atomic E-state index is -0.340. The first-order valence-corrected chi connectivity index (χ1v) is 6.73. The lowest BCUT2D eigenvalue weighted by Crippen LogP contribution is -2.19. The van der Waals surface area contributed by atoms with E-state index in [0.29, 0.717) is 16.9 Å². The van der Waals surface area contributed by atoms with Gasteiger partial charge in [-0.3, -0.25) is 0 Å². The summed E-state index contributed by atoms with van der Waals surface area (Å²) < 4.78 is 19.6. The van der Waals surface area contributed by atoms with Gasteiger partial charge in [-0.1, -0.05) is 42.4 Å². The molecule has 0 aliphatic heterocycles. The van der Waals surface area contributed by atoms with E-state index < -0.39 is 0 Å². The molecule has 0 unspecified atom stereocenters. The molecular formula is C14H19BrFNO. The lowest BCUT2D eigenvalue weighted by Gasteiger charge is -2.10. The van der Waals surface area contributed by atoms with Crippen molar-refractivity contribution in [2.24, 2.45) is 5.92 Å². The highest BCUT2D eigenvalue weighted by Crippen LogP contribution is 2.19. The van der Waals surface area contributed by atoms with Crippen LogP contribution in [-0.2, 0) is 6.54 Å². The monoisotopic (exact) mass is 315 g/mol. The van der Waals surface area contributed by atoms with Gasteiger partial charge in [-0.05, 0) is 30.2 Å².